The lowest BCUT2D eigenvalue weighted by Crippen LogP contribution is -2.52. The van der Waals surface area contributed by atoms with E-state index in [9.17, 15) is 19.2 Å². The topological polar surface area (TPSA) is 126 Å². The lowest BCUT2D eigenvalue weighted by atomic mass is 10.0. The van der Waals surface area contributed by atoms with Crippen LogP contribution < -0.4 is 20.7 Å². The van der Waals surface area contributed by atoms with E-state index in [4.69, 9.17) is 9.47 Å². The van der Waals surface area contributed by atoms with Gasteiger partial charge in [0.2, 0.25) is 11.8 Å². The van der Waals surface area contributed by atoms with Crippen molar-refractivity contribution < 1.29 is 28.7 Å². The molecule has 2 rings (SSSR count). The summed E-state index contributed by atoms with van der Waals surface area (Å²) in [5.74, 6) is -0.824. The Kier molecular flexibility index (Phi) is 8.23. The maximum absolute atomic E-state index is 12.8. The van der Waals surface area contributed by atoms with E-state index in [1.807, 2.05) is 0 Å². The largest absolute Gasteiger partial charge is 0.497 e. The van der Waals surface area contributed by atoms with E-state index >= 15 is 0 Å². The van der Waals surface area contributed by atoms with Crippen LogP contribution in [0.25, 0.3) is 0 Å². The van der Waals surface area contributed by atoms with Crippen molar-refractivity contribution in [3.63, 3.8) is 0 Å². The predicted octanol–water partition coefficient (Wildman–Crippen LogP) is 1.12. The number of hydrogen-bond donors (Lipinski definition) is 3. The van der Waals surface area contributed by atoms with Gasteiger partial charge < -0.3 is 30.3 Å². The highest BCUT2D eigenvalue weighted by Gasteiger charge is 2.40. The molecule has 0 bridgehead atoms. The summed E-state index contributed by atoms with van der Waals surface area (Å²) in [4.78, 5) is 50.6. The van der Waals surface area contributed by atoms with Crippen LogP contribution in [0.4, 0.5) is 10.5 Å². The van der Waals surface area contributed by atoms with Crippen LogP contribution in [0.2, 0.25) is 0 Å². The minimum atomic E-state index is -0.823. The number of amides is 4. The average Bonchev–Trinajstić information content (AvgIpc) is 3.15. The smallest absolute Gasteiger partial charge is 0.328 e. The van der Waals surface area contributed by atoms with Gasteiger partial charge in [0.1, 0.15) is 17.8 Å². The summed E-state index contributed by atoms with van der Waals surface area (Å²) < 4.78 is 9.83. The van der Waals surface area contributed by atoms with E-state index in [0.717, 1.165) is 0 Å². The van der Waals surface area contributed by atoms with Gasteiger partial charge in [-0.1, -0.05) is 13.8 Å². The van der Waals surface area contributed by atoms with Crippen LogP contribution in [0.1, 0.15) is 27.2 Å². The van der Waals surface area contributed by atoms with Gasteiger partial charge in [0, 0.05) is 19.2 Å². The van der Waals surface area contributed by atoms with Crippen molar-refractivity contribution in [3.8, 4) is 5.75 Å². The van der Waals surface area contributed by atoms with Gasteiger partial charge in [0.15, 0.2) is 0 Å². The van der Waals surface area contributed by atoms with Crippen molar-refractivity contribution >= 4 is 29.5 Å². The Morgan fingerprint density at radius 2 is 1.74 bits per heavy atom. The Bertz CT molecular complexity index is 811. The molecule has 0 saturated carbocycles. The number of urea groups is 1. The summed E-state index contributed by atoms with van der Waals surface area (Å²) in [5, 5.41) is 8.17. The van der Waals surface area contributed by atoms with Crippen LogP contribution in [-0.2, 0) is 19.1 Å². The van der Waals surface area contributed by atoms with Crippen molar-refractivity contribution in [2.75, 3.05) is 26.1 Å². The molecule has 0 radical (unpaired) electrons. The second kappa shape index (κ2) is 10.6. The zero-order valence-corrected chi connectivity index (χ0v) is 18.4. The van der Waals surface area contributed by atoms with Crippen molar-refractivity contribution in [1.82, 2.24) is 15.5 Å². The van der Waals surface area contributed by atoms with Gasteiger partial charge in [-0.15, -0.1) is 0 Å². The number of methoxy groups -OCH3 is 2. The maximum atomic E-state index is 12.8. The summed E-state index contributed by atoms with van der Waals surface area (Å²) in [6.07, 6.45) is 0.230. The molecule has 3 N–H and O–H groups in total. The van der Waals surface area contributed by atoms with Gasteiger partial charge in [-0.2, -0.15) is 0 Å². The van der Waals surface area contributed by atoms with Crippen molar-refractivity contribution in [2.24, 2.45) is 5.92 Å². The Morgan fingerprint density at radius 3 is 2.26 bits per heavy atom. The lowest BCUT2D eigenvalue weighted by Gasteiger charge is -2.26. The van der Waals surface area contributed by atoms with E-state index in [0.29, 0.717) is 11.4 Å². The van der Waals surface area contributed by atoms with Crippen molar-refractivity contribution in [1.29, 1.82) is 0 Å². The average molecular weight is 434 g/mol. The molecule has 3 atom stereocenters. The molecule has 0 aromatic heterocycles. The van der Waals surface area contributed by atoms with Gasteiger partial charge in [-0.3, -0.25) is 9.59 Å². The number of carbonyl (C=O) groups is 4. The van der Waals surface area contributed by atoms with E-state index in [1.165, 1.54) is 18.9 Å². The van der Waals surface area contributed by atoms with E-state index in [2.05, 4.69) is 16.0 Å². The molecule has 1 aliphatic heterocycles. The second-order valence-corrected chi connectivity index (χ2v) is 7.70. The quantitative estimate of drug-likeness (QED) is 0.552. The van der Waals surface area contributed by atoms with Gasteiger partial charge >= 0.3 is 12.0 Å². The molecule has 0 spiro atoms. The number of hydrogen-bond acceptors (Lipinski definition) is 6. The Morgan fingerprint density at radius 1 is 1.10 bits per heavy atom. The van der Waals surface area contributed by atoms with Crippen molar-refractivity contribution in [2.45, 2.75) is 45.3 Å². The lowest BCUT2D eigenvalue weighted by molar-refractivity contribution is -0.147. The van der Waals surface area contributed by atoms with Crippen LogP contribution >= 0.6 is 0 Å². The van der Waals surface area contributed by atoms with Gasteiger partial charge in [0.05, 0.1) is 20.3 Å². The highest BCUT2D eigenvalue weighted by Crippen LogP contribution is 2.20. The highest BCUT2D eigenvalue weighted by molar-refractivity contribution is 5.92. The first-order valence-electron chi connectivity index (χ1n) is 10.0. The first kappa shape index (κ1) is 24.0. The van der Waals surface area contributed by atoms with Crippen LogP contribution in [0.15, 0.2) is 24.3 Å². The van der Waals surface area contributed by atoms with Gasteiger partial charge in [0.25, 0.3) is 0 Å². The fourth-order valence-electron chi connectivity index (χ4n) is 3.44. The minimum Gasteiger partial charge on any atom is -0.497 e. The van der Waals surface area contributed by atoms with Crippen LogP contribution in [-0.4, -0.2) is 67.6 Å². The number of likely N-dealkylation sites (tertiary alicyclic amines) is 1. The fourth-order valence-corrected chi connectivity index (χ4v) is 3.44. The maximum Gasteiger partial charge on any atom is 0.328 e. The Balaban J connectivity index is 2.01. The summed E-state index contributed by atoms with van der Waals surface area (Å²) in [7, 11) is 2.81. The summed E-state index contributed by atoms with van der Waals surface area (Å²) in [5.41, 5.74) is 0.576. The third-order valence-electron chi connectivity index (χ3n) is 5.11. The first-order valence-corrected chi connectivity index (χ1v) is 10.0. The molecule has 31 heavy (non-hydrogen) atoms. The van der Waals surface area contributed by atoms with E-state index in [1.54, 1.807) is 45.2 Å². The fraction of sp³-hybridized carbons (Fsp3) is 0.524. The number of esters is 1. The first-order chi connectivity index (χ1) is 14.7. The predicted molar refractivity (Wildman–Crippen MR) is 114 cm³/mol. The molecule has 0 aliphatic carbocycles. The van der Waals surface area contributed by atoms with Crippen LogP contribution in [0.5, 0.6) is 5.75 Å². The minimum absolute atomic E-state index is 0.187. The highest BCUT2D eigenvalue weighted by atomic mass is 16.5. The third-order valence-corrected chi connectivity index (χ3v) is 5.11. The number of nitrogens with zero attached hydrogens (tertiary/aromatic N) is 1. The van der Waals surface area contributed by atoms with Crippen LogP contribution in [0.3, 0.4) is 0 Å². The zero-order valence-electron chi connectivity index (χ0n) is 18.4. The molecular weight excluding hydrogens is 404 g/mol. The standard InChI is InChI=1S/C21H30N4O6/c1-12(2)18(20(28)31-5)24-19(27)17-10-15(11-25(17)13(3)26)23-21(29)22-14-6-8-16(30-4)9-7-14/h6-9,12,15,17-18H,10-11H2,1-5H3,(H,24,27)(H2,22,23,29)/t15-,17-,18+/m0/s1. The molecule has 10 heteroatoms. The monoisotopic (exact) mass is 434 g/mol. The Labute approximate surface area is 181 Å². The molecule has 170 valence electrons. The number of anilines is 1. The van der Waals surface area contributed by atoms with Crippen molar-refractivity contribution in [3.05, 3.63) is 24.3 Å². The molecule has 10 nitrogen and oxygen atoms in total. The molecular formula is C21H30N4O6. The van der Waals surface area contributed by atoms with Gasteiger partial charge in [-0.05, 0) is 36.6 Å². The number of benzene rings is 1. The molecule has 1 fully saturated rings. The molecule has 1 aromatic carbocycles. The van der Waals surface area contributed by atoms with E-state index < -0.39 is 36.0 Å². The normalized spacial score (nSPS) is 18.8. The number of carbonyl (C=O) groups excluding carboxylic acids is 4. The number of rotatable bonds is 7. The molecule has 1 aliphatic rings. The molecule has 1 saturated heterocycles. The summed E-state index contributed by atoms with van der Waals surface area (Å²) in [6, 6.07) is 4.34. The van der Waals surface area contributed by atoms with Gasteiger partial charge in [-0.25, -0.2) is 9.59 Å². The third kappa shape index (κ3) is 6.34. The zero-order chi connectivity index (χ0) is 23.1. The molecule has 4 amide bonds. The molecule has 1 aromatic rings. The second-order valence-electron chi connectivity index (χ2n) is 7.70. The SMILES string of the molecule is COC(=O)[C@H](NC(=O)[C@@H]1C[C@H](NC(=O)Nc2ccc(OC)cc2)CN1C(C)=O)C(C)C. The summed E-state index contributed by atoms with van der Waals surface area (Å²) in [6.45, 7) is 5.12. The number of ether oxygens (including phenoxy) is 2. The van der Waals surface area contributed by atoms with Crippen LogP contribution in [0, 0.1) is 5.92 Å². The Hall–Kier alpha value is -3.30. The summed E-state index contributed by atoms with van der Waals surface area (Å²) >= 11 is 0. The molecule has 1 heterocycles. The van der Waals surface area contributed by atoms with E-state index in [-0.39, 0.29) is 24.8 Å². The number of nitrogens with one attached hydrogen (secondary N) is 3. The molecule has 0 unspecified atom stereocenters.